The van der Waals surface area contributed by atoms with E-state index in [9.17, 15) is 9.59 Å². The minimum atomic E-state index is -0.0328. The Morgan fingerprint density at radius 2 is 1.94 bits per heavy atom. The number of benzene rings is 1. The molecule has 0 saturated heterocycles. The maximum atomic E-state index is 11.9. The van der Waals surface area contributed by atoms with Crippen molar-refractivity contribution in [1.29, 1.82) is 0 Å². The van der Waals surface area contributed by atoms with Gasteiger partial charge in [-0.05, 0) is 18.8 Å². The molecule has 0 bridgehead atoms. The molecule has 1 aliphatic carbocycles. The molecule has 0 spiro atoms. The summed E-state index contributed by atoms with van der Waals surface area (Å²) in [4.78, 5) is 23.8. The Bertz CT molecular complexity index is 427. The van der Waals surface area contributed by atoms with E-state index >= 15 is 0 Å². The fraction of sp³-hybridized carbons (Fsp3) is 0.467. The van der Waals surface area contributed by atoms with Crippen LogP contribution in [-0.4, -0.2) is 18.2 Å². The van der Waals surface area contributed by atoms with Crippen molar-refractivity contribution in [2.75, 3.05) is 6.54 Å². The average molecular weight is 245 g/mol. The third-order valence-corrected chi connectivity index (χ3v) is 3.72. The molecule has 96 valence electrons. The predicted molar refractivity (Wildman–Crippen MR) is 70.3 cm³/mol. The van der Waals surface area contributed by atoms with E-state index < -0.39 is 0 Å². The normalized spacial score (nSPS) is 22.7. The number of Topliss-reactive ketones (excluding diaryl/α,β-unsaturated/α-hetero) is 1. The molecule has 2 atom stereocenters. The molecule has 3 heteroatoms. The fourth-order valence-electron chi connectivity index (χ4n) is 2.56. The van der Waals surface area contributed by atoms with Gasteiger partial charge in [0, 0.05) is 11.5 Å². The monoisotopic (exact) mass is 245 g/mol. The molecule has 1 saturated carbocycles. The topological polar surface area (TPSA) is 46.2 Å². The molecule has 2 unspecified atom stereocenters. The molecule has 2 rings (SSSR count). The SMILES string of the molecule is CC1CCCC1C(=O)NCC(=O)c1ccccc1. The van der Waals surface area contributed by atoms with Crippen LogP contribution in [0.15, 0.2) is 30.3 Å². The highest BCUT2D eigenvalue weighted by Crippen LogP contribution is 2.31. The fourth-order valence-corrected chi connectivity index (χ4v) is 2.56. The van der Waals surface area contributed by atoms with Crippen LogP contribution in [0.5, 0.6) is 0 Å². The molecule has 0 heterocycles. The van der Waals surface area contributed by atoms with Crippen molar-refractivity contribution in [1.82, 2.24) is 5.32 Å². The lowest BCUT2D eigenvalue weighted by Crippen LogP contribution is -2.35. The van der Waals surface area contributed by atoms with E-state index in [0.29, 0.717) is 11.5 Å². The van der Waals surface area contributed by atoms with Gasteiger partial charge in [-0.25, -0.2) is 0 Å². The smallest absolute Gasteiger partial charge is 0.223 e. The van der Waals surface area contributed by atoms with Gasteiger partial charge < -0.3 is 5.32 Å². The number of nitrogens with one attached hydrogen (secondary N) is 1. The molecule has 1 fully saturated rings. The standard InChI is InChI=1S/C15H19NO2/c1-11-6-5-9-13(11)15(18)16-10-14(17)12-7-3-2-4-8-12/h2-4,7-8,11,13H,5-6,9-10H2,1H3,(H,16,18). The minimum absolute atomic E-state index is 0.0317. The van der Waals surface area contributed by atoms with Gasteiger partial charge in [-0.3, -0.25) is 9.59 Å². The molecule has 1 aromatic rings. The molecule has 0 radical (unpaired) electrons. The van der Waals surface area contributed by atoms with Crippen molar-refractivity contribution in [3.8, 4) is 0 Å². The van der Waals surface area contributed by atoms with Gasteiger partial charge in [0.05, 0.1) is 6.54 Å². The van der Waals surface area contributed by atoms with Crippen molar-refractivity contribution in [3.63, 3.8) is 0 Å². The second-order valence-corrected chi connectivity index (χ2v) is 5.02. The quantitative estimate of drug-likeness (QED) is 0.828. The first-order valence-electron chi connectivity index (χ1n) is 6.54. The molecule has 3 nitrogen and oxygen atoms in total. The number of hydrogen-bond acceptors (Lipinski definition) is 2. The molecule has 18 heavy (non-hydrogen) atoms. The second kappa shape index (κ2) is 5.80. The maximum absolute atomic E-state index is 11.9. The minimum Gasteiger partial charge on any atom is -0.348 e. The lowest BCUT2D eigenvalue weighted by Gasteiger charge is -2.14. The van der Waals surface area contributed by atoms with Gasteiger partial charge in [-0.15, -0.1) is 0 Å². The van der Waals surface area contributed by atoms with E-state index in [2.05, 4.69) is 12.2 Å². The molecule has 0 aromatic heterocycles. The summed E-state index contributed by atoms with van der Waals surface area (Å²) in [6, 6.07) is 9.07. The van der Waals surface area contributed by atoms with Gasteiger partial charge in [-0.1, -0.05) is 43.7 Å². The van der Waals surface area contributed by atoms with Crippen LogP contribution in [-0.2, 0) is 4.79 Å². The van der Waals surface area contributed by atoms with Crippen LogP contribution in [0.3, 0.4) is 0 Å². The van der Waals surface area contributed by atoms with Crippen molar-refractivity contribution < 1.29 is 9.59 Å². The lowest BCUT2D eigenvalue weighted by molar-refractivity contribution is -0.125. The zero-order chi connectivity index (χ0) is 13.0. The summed E-state index contributed by atoms with van der Waals surface area (Å²) >= 11 is 0. The molecule has 1 aromatic carbocycles. The van der Waals surface area contributed by atoms with Crippen LogP contribution in [0, 0.1) is 11.8 Å². The Balaban J connectivity index is 1.85. The van der Waals surface area contributed by atoms with Gasteiger partial charge in [0.25, 0.3) is 0 Å². The van der Waals surface area contributed by atoms with E-state index in [0.717, 1.165) is 19.3 Å². The third kappa shape index (κ3) is 2.97. The maximum Gasteiger partial charge on any atom is 0.223 e. The summed E-state index contributed by atoms with van der Waals surface area (Å²) in [6.45, 7) is 2.21. The van der Waals surface area contributed by atoms with Gasteiger partial charge in [0.15, 0.2) is 5.78 Å². The predicted octanol–water partition coefficient (Wildman–Crippen LogP) is 2.42. The molecule has 1 aliphatic rings. The van der Waals surface area contributed by atoms with Crippen molar-refractivity contribution in [2.45, 2.75) is 26.2 Å². The molecular weight excluding hydrogens is 226 g/mol. The largest absolute Gasteiger partial charge is 0.348 e. The molecule has 0 aliphatic heterocycles. The summed E-state index contributed by atoms with van der Waals surface area (Å²) < 4.78 is 0. The number of rotatable bonds is 4. The first-order valence-corrected chi connectivity index (χ1v) is 6.54. The summed E-state index contributed by atoms with van der Waals surface area (Å²) in [7, 11) is 0. The van der Waals surface area contributed by atoms with Crippen molar-refractivity contribution in [2.24, 2.45) is 11.8 Å². The highest BCUT2D eigenvalue weighted by atomic mass is 16.2. The van der Waals surface area contributed by atoms with Crippen LogP contribution in [0.2, 0.25) is 0 Å². The Hall–Kier alpha value is -1.64. The summed E-state index contributed by atoms with van der Waals surface area (Å²) in [5, 5.41) is 2.76. The van der Waals surface area contributed by atoms with E-state index in [1.54, 1.807) is 12.1 Å². The van der Waals surface area contributed by atoms with E-state index in [1.807, 2.05) is 18.2 Å². The molecular formula is C15H19NO2. The van der Waals surface area contributed by atoms with Gasteiger partial charge >= 0.3 is 0 Å². The van der Waals surface area contributed by atoms with Gasteiger partial charge in [0.1, 0.15) is 0 Å². The van der Waals surface area contributed by atoms with Crippen molar-refractivity contribution in [3.05, 3.63) is 35.9 Å². The van der Waals surface area contributed by atoms with Gasteiger partial charge in [0.2, 0.25) is 5.91 Å². The van der Waals surface area contributed by atoms with E-state index in [-0.39, 0.29) is 24.2 Å². The number of hydrogen-bond donors (Lipinski definition) is 1. The van der Waals surface area contributed by atoms with Crippen LogP contribution < -0.4 is 5.32 Å². The van der Waals surface area contributed by atoms with Gasteiger partial charge in [-0.2, -0.15) is 0 Å². The highest BCUT2D eigenvalue weighted by Gasteiger charge is 2.29. The Kier molecular flexibility index (Phi) is 4.13. The van der Waals surface area contributed by atoms with Crippen LogP contribution >= 0.6 is 0 Å². The summed E-state index contributed by atoms with van der Waals surface area (Å²) in [6.07, 6.45) is 3.18. The lowest BCUT2D eigenvalue weighted by atomic mass is 9.97. The van der Waals surface area contributed by atoms with Crippen LogP contribution in [0.25, 0.3) is 0 Å². The van der Waals surface area contributed by atoms with Crippen LogP contribution in [0.4, 0.5) is 0 Å². The summed E-state index contributed by atoms with van der Waals surface area (Å²) in [5.41, 5.74) is 0.650. The zero-order valence-electron chi connectivity index (χ0n) is 10.7. The second-order valence-electron chi connectivity index (χ2n) is 5.02. The van der Waals surface area contributed by atoms with E-state index in [1.165, 1.54) is 0 Å². The number of ketones is 1. The zero-order valence-corrected chi connectivity index (χ0v) is 10.7. The third-order valence-electron chi connectivity index (χ3n) is 3.72. The molecule has 1 N–H and O–H groups in total. The number of carbonyl (C=O) groups is 2. The van der Waals surface area contributed by atoms with Crippen molar-refractivity contribution >= 4 is 11.7 Å². The Morgan fingerprint density at radius 3 is 2.56 bits per heavy atom. The molecule has 1 amide bonds. The first-order chi connectivity index (χ1) is 8.68. The highest BCUT2D eigenvalue weighted by molar-refractivity contribution is 5.99. The number of carbonyl (C=O) groups excluding carboxylic acids is 2. The number of amides is 1. The van der Waals surface area contributed by atoms with E-state index in [4.69, 9.17) is 0 Å². The first kappa shape index (κ1) is 12.8. The Morgan fingerprint density at radius 1 is 1.22 bits per heavy atom. The average Bonchev–Trinajstić information content (AvgIpc) is 2.83. The Labute approximate surface area is 108 Å². The summed E-state index contributed by atoms with van der Waals surface area (Å²) in [5.74, 6) is 0.532. The van der Waals surface area contributed by atoms with Crippen LogP contribution in [0.1, 0.15) is 36.5 Å².